The van der Waals surface area contributed by atoms with Gasteiger partial charge in [-0.05, 0) is 39.4 Å². The molecule has 5 heteroatoms. The highest BCUT2D eigenvalue weighted by atomic mass is 19.4. The number of halogens is 3. The van der Waals surface area contributed by atoms with Gasteiger partial charge in [0, 0.05) is 12.6 Å². The Kier molecular flexibility index (Phi) is 4.86. The SMILES string of the molecule is CC1CCN(CCC(F)(F)F)CCCN1. The Balaban J connectivity index is 2.27. The van der Waals surface area contributed by atoms with E-state index in [4.69, 9.17) is 0 Å². The quantitative estimate of drug-likeness (QED) is 0.772. The molecular formula is C10H19F3N2. The predicted octanol–water partition coefficient (Wildman–Crippen LogP) is 2.01. The van der Waals surface area contributed by atoms with Gasteiger partial charge in [0.2, 0.25) is 0 Å². The van der Waals surface area contributed by atoms with Gasteiger partial charge in [0.1, 0.15) is 0 Å². The van der Waals surface area contributed by atoms with Gasteiger partial charge in [-0.15, -0.1) is 0 Å². The Hall–Kier alpha value is -0.290. The zero-order chi connectivity index (χ0) is 11.3. The summed E-state index contributed by atoms with van der Waals surface area (Å²) in [6.45, 7) is 4.67. The van der Waals surface area contributed by atoms with Gasteiger partial charge in [-0.25, -0.2) is 0 Å². The summed E-state index contributed by atoms with van der Waals surface area (Å²) < 4.78 is 36.1. The number of hydrogen-bond donors (Lipinski definition) is 1. The Morgan fingerprint density at radius 2 is 2.07 bits per heavy atom. The fourth-order valence-corrected chi connectivity index (χ4v) is 1.75. The average molecular weight is 224 g/mol. The predicted molar refractivity (Wildman–Crippen MR) is 53.8 cm³/mol. The Morgan fingerprint density at radius 3 is 2.73 bits per heavy atom. The Morgan fingerprint density at radius 1 is 1.33 bits per heavy atom. The van der Waals surface area contributed by atoms with Crippen LogP contribution in [0.4, 0.5) is 13.2 Å². The van der Waals surface area contributed by atoms with Gasteiger partial charge in [0.05, 0.1) is 6.42 Å². The second-order valence-electron chi connectivity index (χ2n) is 4.20. The molecule has 1 saturated heterocycles. The normalized spacial score (nSPS) is 26.0. The molecule has 0 aliphatic carbocycles. The summed E-state index contributed by atoms with van der Waals surface area (Å²) in [6.07, 6.45) is -2.85. The smallest absolute Gasteiger partial charge is 0.314 e. The number of nitrogens with one attached hydrogen (secondary N) is 1. The van der Waals surface area contributed by atoms with Gasteiger partial charge < -0.3 is 10.2 Å². The molecule has 0 aromatic rings. The van der Waals surface area contributed by atoms with Crippen LogP contribution in [-0.2, 0) is 0 Å². The molecule has 90 valence electrons. The third-order valence-electron chi connectivity index (χ3n) is 2.73. The number of alkyl halides is 3. The van der Waals surface area contributed by atoms with Gasteiger partial charge in [-0.2, -0.15) is 13.2 Å². The van der Waals surface area contributed by atoms with Crippen LogP contribution in [-0.4, -0.2) is 43.3 Å². The van der Waals surface area contributed by atoms with Crippen molar-refractivity contribution in [1.29, 1.82) is 0 Å². The van der Waals surface area contributed by atoms with Crippen LogP contribution in [0.15, 0.2) is 0 Å². The largest absolute Gasteiger partial charge is 0.390 e. The zero-order valence-corrected chi connectivity index (χ0v) is 9.11. The van der Waals surface area contributed by atoms with E-state index in [0.717, 1.165) is 32.5 Å². The van der Waals surface area contributed by atoms with E-state index in [1.54, 1.807) is 0 Å². The summed E-state index contributed by atoms with van der Waals surface area (Å²) in [4.78, 5) is 1.92. The van der Waals surface area contributed by atoms with Crippen molar-refractivity contribution < 1.29 is 13.2 Å². The molecule has 0 radical (unpaired) electrons. The fourth-order valence-electron chi connectivity index (χ4n) is 1.75. The molecule has 1 aliphatic heterocycles. The minimum atomic E-state index is -4.02. The molecule has 0 aromatic carbocycles. The van der Waals surface area contributed by atoms with Gasteiger partial charge in [0.25, 0.3) is 0 Å². The molecule has 0 spiro atoms. The number of nitrogens with zero attached hydrogens (tertiary/aromatic N) is 1. The molecule has 1 rings (SSSR count). The van der Waals surface area contributed by atoms with Crippen LogP contribution in [0.1, 0.15) is 26.2 Å². The summed E-state index contributed by atoms with van der Waals surface area (Å²) >= 11 is 0. The van der Waals surface area contributed by atoms with E-state index in [1.165, 1.54) is 0 Å². The Bertz CT molecular complexity index is 182. The molecule has 2 nitrogen and oxygen atoms in total. The van der Waals surface area contributed by atoms with Gasteiger partial charge in [0.15, 0.2) is 0 Å². The maximum Gasteiger partial charge on any atom is 0.390 e. The third-order valence-corrected chi connectivity index (χ3v) is 2.73. The van der Waals surface area contributed by atoms with E-state index >= 15 is 0 Å². The third kappa shape index (κ3) is 5.99. The molecule has 1 fully saturated rings. The monoisotopic (exact) mass is 224 g/mol. The summed E-state index contributed by atoms with van der Waals surface area (Å²) in [7, 11) is 0. The second-order valence-corrected chi connectivity index (χ2v) is 4.20. The average Bonchev–Trinajstić information content (AvgIpc) is 2.09. The molecule has 1 N–H and O–H groups in total. The van der Waals surface area contributed by atoms with Crippen molar-refractivity contribution in [2.45, 2.75) is 38.4 Å². The minimum absolute atomic E-state index is 0.149. The highest BCUT2D eigenvalue weighted by molar-refractivity contribution is 4.70. The second kappa shape index (κ2) is 5.70. The summed E-state index contributed by atoms with van der Waals surface area (Å²) in [5.41, 5.74) is 0. The van der Waals surface area contributed by atoms with Gasteiger partial charge in [-0.1, -0.05) is 0 Å². The van der Waals surface area contributed by atoms with Crippen LogP contribution in [0.5, 0.6) is 0 Å². The summed E-state index contributed by atoms with van der Waals surface area (Å²) in [6, 6.07) is 0.415. The lowest BCUT2D eigenvalue weighted by molar-refractivity contribution is -0.138. The molecule has 15 heavy (non-hydrogen) atoms. The van der Waals surface area contributed by atoms with Crippen molar-refractivity contribution >= 4 is 0 Å². The van der Waals surface area contributed by atoms with E-state index in [1.807, 2.05) is 4.90 Å². The number of hydrogen-bond acceptors (Lipinski definition) is 2. The van der Waals surface area contributed by atoms with E-state index in [2.05, 4.69) is 12.2 Å². The maximum absolute atomic E-state index is 12.0. The lowest BCUT2D eigenvalue weighted by atomic mass is 10.1. The molecule has 1 atom stereocenters. The standard InChI is InChI=1S/C10H19F3N2/c1-9-3-7-15(6-2-5-14-9)8-4-10(11,12)13/h9,14H,2-8H2,1H3. The van der Waals surface area contributed by atoms with Crippen LogP contribution in [0, 0.1) is 0 Å². The molecular weight excluding hydrogens is 205 g/mol. The van der Waals surface area contributed by atoms with Crippen LogP contribution < -0.4 is 5.32 Å². The van der Waals surface area contributed by atoms with Crippen molar-refractivity contribution in [1.82, 2.24) is 10.2 Å². The van der Waals surface area contributed by atoms with E-state index < -0.39 is 12.6 Å². The topological polar surface area (TPSA) is 15.3 Å². The maximum atomic E-state index is 12.0. The molecule has 0 aromatic heterocycles. The number of rotatable bonds is 2. The van der Waals surface area contributed by atoms with Gasteiger partial charge in [-0.3, -0.25) is 0 Å². The van der Waals surface area contributed by atoms with Gasteiger partial charge >= 0.3 is 6.18 Å². The first kappa shape index (κ1) is 12.8. The van der Waals surface area contributed by atoms with Crippen LogP contribution in [0.3, 0.4) is 0 Å². The molecule has 0 amide bonds. The van der Waals surface area contributed by atoms with E-state index in [9.17, 15) is 13.2 Å². The van der Waals surface area contributed by atoms with Crippen molar-refractivity contribution in [3.63, 3.8) is 0 Å². The molecule has 1 unspecified atom stereocenters. The van der Waals surface area contributed by atoms with E-state index in [-0.39, 0.29) is 6.54 Å². The van der Waals surface area contributed by atoms with Crippen LogP contribution in [0.2, 0.25) is 0 Å². The van der Waals surface area contributed by atoms with Crippen molar-refractivity contribution in [2.75, 3.05) is 26.2 Å². The molecule has 1 heterocycles. The fraction of sp³-hybridized carbons (Fsp3) is 1.00. The molecule has 1 aliphatic rings. The first-order valence-electron chi connectivity index (χ1n) is 5.50. The van der Waals surface area contributed by atoms with Crippen LogP contribution >= 0.6 is 0 Å². The summed E-state index contributed by atoms with van der Waals surface area (Å²) in [5, 5.41) is 3.33. The Labute approximate surface area is 88.8 Å². The van der Waals surface area contributed by atoms with Crippen LogP contribution in [0.25, 0.3) is 0 Å². The zero-order valence-electron chi connectivity index (χ0n) is 9.11. The summed E-state index contributed by atoms with van der Waals surface area (Å²) in [5.74, 6) is 0. The highest BCUT2D eigenvalue weighted by Crippen LogP contribution is 2.20. The first-order chi connectivity index (χ1) is 6.97. The first-order valence-corrected chi connectivity index (χ1v) is 5.50. The minimum Gasteiger partial charge on any atom is -0.314 e. The molecule has 0 bridgehead atoms. The van der Waals surface area contributed by atoms with Crippen molar-refractivity contribution in [3.05, 3.63) is 0 Å². The van der Waals surface area contributed by atoms with E-state index in [0.29, 0.717) is 6.04 Å². The van der Waals surface area contributed by atoms with Crippen molar-refractivity contribution in [3.8, 4) is 0 Å². The lowest BCUT2D eigenvalue weighted by Crippen LogP contribution is -2.39. The highest BCUT2D eigenvalue weighted by Gasteiger charge is 2.27. The van der Waals surface area contributed by atoms with Crippen molar-refractivity contribution in [2.24, 2.45) is 0 Å². The lowest BCUT2D eigenvalue weighted by Gasteiger charge is -2.27. The molecule has 0 saturated carbocycles.